The second kappa shape index (κ2) is 45.1. The molecule has 1 aliphatic heterocycles. The third-order valence-corrected chi connectivity index (χ3v) is 14.4. The highest BCUT2D eigenvalue weighted by molar-refractivity contribution is 7.18. The largest absolute Gasteiger partial charge is 0.445 e. The molecule has 0 aliphatic carbocycles. The van der Waals surface area contributed by atoms with Crippen LogP contribution in [-0.2, 0) is 95.8 Å². The number of carbonyl (C=O) groups excluding carboxylic acids is 9. The first-order valence-corrected chi connectivity index (χ1v) is 31.3. The van der Waals surface area contributed by atoms with E-state index in [0.29, 0.717) is 102 Å². The zero-order valence-corrected chi connectivity index (χ0v) is 53.9. The van der Waals surface area contributed by atoms with Crippen LogP contribution in [0.4, 0.5) is 15.3 Å². The van der Waals surface area contributed by atoms with E-state index in [1.807, 2.05) is 36.4 Å². The van der Waals surface area contributed by atoms with Gasteiger partial charge in [0, 0.05) is 82.6 Å². The zero-order valence-electron chi connectivity index (χ0n) is 53.9. The maximum Gasteiger partial charge on any atom is 0.410 e. The number of nitrogens with one attached hydrogen (secondary N) is 4. The van der Waals surface area contributed by atoms with Crippen LogP contribution in [0, 0.1) is 23.7 Å². The average Bonchev–Trinajstić information content (AvgIpc) is 0.859. The Bertz CT molecular complexity index is 2840. The van der Waals surface area contributed by atoms with Crippen LogP contribution in [0.2, 0.25) is 0 Å². The predicted octanol–water partition coefficient (Wildman–Crippen LogP) is 3.46. The summed E-state index contributed by atoms with van der Waals surface area (Å²) in [4.78, 5) is 123. The Labute approximate surface area is 537 Å². The summed E-state index contributed by atoms with van der Waals surface area (Å²) in [5.74, 6) is 1.48. The first kappa shape index (κ1) is 74.5. The lowest BCUT2D eigenvalue weighted by atomic mass is 9.87. The van der Waals surface area contributed by atoms with Gasteiger partial charge in [-0.2, -0.15) is 0 Å². The van der Waals surface area contributed by atoms with E-state index in [9.17, 15) is 43.2 Å². The quantitative estimate of drug-likeness (QED) is 0.0307. The van der Waals surface area contributed by atoms with Crippen molar-refractivity contribution in [1.82, 2.24) is 26.2 Å². The predicted molar refractivity (Wildman–Crippen MR) is 341 cm³/mol. The lowest BCUT2D eigenvalue weighted by molar-refractivity contribution is -0.135. The van der Waals surface area contributed by atoms with Gasteiger partial charge in [-0.05, 0) is 53.6 Å². The number of hydrogen-bond donors (Lipinski definition) is 5. The normalized spacial score (nSPS) is 12.8. The summed E-state index contributed by atoms with van der Waals surface area (Å²) in [6.45, 7) is 8.78. The molecule has 500 valence electrons. The Morgan fingerprint density at radius 1 is 0.648 bits per heavy atom. The number of fused-ring (bicyclic) bond motifs is 2. The van der Waals surface area contributed by atoms with Crippen molar-refractivity contribution in [3.63, 3.8) is 0 Å². The van der Waals surface area contributed by atoms with Crippen LogP contribution >= 0.6 is 9.18 Å². The molecular formula is C65H92N7O18P. The van der Waals surface area contributed by atoms with Gasteiger partial charge in [-0.25, -0.2) is 9.59 Å². The Balaban J connectivity index is 1.33. The van der Waals surface area contributed by atoms with E-state index in [0.717, 1.165) is 16.0 Å². The Hall–Kier alpha value is -7.24. The zero-order chi connectivity index (χ0) is 66.7. The summed E-state index contributed by atoms with van der Waals surface area (Å²) in [6.07, 6.45) is -1.54. The van der Waals surface area contributed by atoms with Gasteiger partial charge in [0.1, 0.15) is 12.6 Å². The van der Waals surface area contributed by atoms with E-state index in [1.165, 1.54) is 7.05 Å². The van der Waals surface area contributed by atoms with Crippen LogP contribution in [0.1, 0.15) is 80.2 Å². The number of nitrogens with two attached hydrogens (primary N) is 1. The number of anilines is 1. The fourth-order valence-electron chi connectivity index (χ4n) is 8.93. The molecule has 0 aromatic heterocycles. The number of amides is 7. The summed E-state index contributed by atoms with van der Waals surface area (Å²) in [5.41, 5.74) is 9.26. The van der Waals surface area contributed by atoms with Gasteiger partial charge < -0.3 is 79.4 Å². The smallest absolute Gasteiger partial charge is 0.410 e. The van der Waals surface area contributed by atoms with Gasteiger partial charge in [-0.15, -0.1) is 9.18 Å². The van der Waals surface area contributed by atoms with Crippen LogP contribution in [0.5, 0.6) is 0 Å². The van der Waals surface area contributed by atoms with Crippen LogP contribution < -0.4 is 31.9 Å². The number of likely N-dealkylation sites (N-methyl/N-ethyl adjacent to an activating group) is 1. The minimum absolute atomic E-state index is 0.0154. The summed E-state index contributed by atoms with van der Waals surface area (Å²) < 4.78 is 56.0. The molecule has 0 radical (unpaired) electrons. The fraction of sp³-hybridized carbons (Fsp3) is 0.554. The number of ketones is 3. The number of ether oxygens (including phenoxy) is 9. The van der Waals surface area contributed by atoms with Crippen LogP contribution in [0.25, 0.3) is 0 Å². The van der Waals surface area contributed by atoms with Gasteiger partial charge in [0.15, 0.2) is 17.3 Å². The second-order valence-corrected chi connectivity index (χ2v) is 21.8. The molecule has 7 amide bonds. The Morgan fingerprint density at radius 2 is 1.21 bits per heavy atom. The minimum Gasteiger partial charge on any atom is -0.445 e. The van der Waals surface area contributed by atoms with E-state index in [-0.39, 0.29) is 124 Å². The molecule has 4 rings (SSSR count). The molecule has 0 saturated heterocycles. The third kappa shape index (κ3) is 31.6. The van der Waals surface area contributed by atoms with E-state index in [4.69, 9.17) is 49.6 Å². The first-order valence-electron chi connectivity index (χ1n) is 31.1. The number of nitrogens with zero attached hydrogens (tertiary/aromatic N) is 2. The molecule has 26 heteroatoms. The first-order chi connectivity index (χ1) is 44.5. The lowest BCUT2D eigenvalue weighted by Gasteiger charge is -2.27. The van der Waals surface area contributed by atoms with Gasteiger partial charge in [0.25, 0.3) is 0 Å². The number of rotatable bonds is 49. The van der Waals surface area contributed by atoms with Crippen molar-refractivity contribution < 1.29 is 85.8 Å². The molecule has 4 atom stereocenters. The van der Waals surface area contributed by atoms with Crippen molar-refractivity contribution in [3.05, 3.63) is 101 Å². The van der Waals surface area contributed by atoms with E-state index in [1.54, 1.807) is 62.3 Å². The van der Waals surface area contributed by atoms with Gasteiger partial charge >= 0.3 is 12.1 Å². The highest BCUT2D eigenvalue weighted by atomic mass is 31.0. The van der Waals surface area contributed by atoms with Gasteiger partial charge in [-0.3, -0.25) is 33.6 Å². The van der Waals surface area contributed by atoms with Crippen molar-refractivity contribution in [1.29, 1.82) is 1.28 Å². The molecule has 0 spiro atoms. The number of carbonyl (C=O) groups is 9. The average molecular weight is 1290 g/mol. The van der Waals surface area contributed by atoms with Crippen molar-refractivity contribution >= 4 is 68.0 Å². The topological polar surface area (TPSA) is 317 Å². The number of methoxy groups -OCH3 is 1. The minimum atomic E-state index is -1.34. The SMILES string of the molecule is [2H]PCC(=O)CN(C)C(=O)OCc1ccc(CC(=O)[C@H](CCCNC(N)=O)NC(=O)[C@@H](CC(=O)[C@H](CNC(=O)CCOCCOCCOCCOCCOCCOCCOCCOC)NC(=O)CCC(=O)N2Cc3ccccc3C#Cc3ccccc32)C(C)C)cc1. The maximum absolute atomic E-state index is 14.5. The molecule has 1 heterocycles. The highest BCUT2D eigenvalue weighted by Gasteiger charge is 2.33. The van der Waals surface area contributed by atoms with Crippen molar-refractivity contribution in [2.24, 2.45) is 17.6 Å². The van der Waals surface area contributed by atoms with Gasteiger partial charge in [-0.1, -0.05) is 80.3 Å². The van der Waals surface area contributed by atoms with Crippen molar-refractivity contribution in [2.75, 3.05) is 144 Å². The van der Waals surface area contributed by atoms with Crippen molar-refractivity contribution in [2.45, 2.75) is 84.0 Å². The summed E-state index contributed by atoms with van der Waals surface area (Å²) >= 11 is 0. The van der Waals surface area contributed by atoms with Crippen LogP contribution in [0.15, 0.2) is 72.8 Å². The Morgan fingerprint density at radius 3 is 1.80 bits per heavy atom. The number of primary amides is 1. The van der Waals surface area contributed by atoms with Crippen LogP contribution in [-0.4, -0.2) is 210 Å². The molecule has 6 N–H and O–H groups in total. The maximum atomic E-state index is 14.5. The summed E-state index contributed by atoms with van der Waals surface area (Å²) in [5, 5.41) is 10.8. The number of hydrogen-bond acceptors (Lipinski definition) is 18. The van der Waals surface area contributed by atoms with Crippen molar-refractivity contribution in [3.8, 4) is 11.8 Å². The molecule has 0 fully saturated rings. The number of urea groups is 1. The van der Waals surface area contributed by atoms with Gasteiger partial charge in [0.05, 0.1) is 125 Å². The highest BCUT2D eigenvalue weighted by Crippen LogP contribution is 2.27. The van der Waals surface area contributed by atoms with E-state index < -0.39 is 66.0 Å². The molecule has 3 aromatic rings. The van der Waals surface area contributed by atoms with E-state index >= 15 is 0 Å². The third-order valence-electron chi connectivity index (χ3n) is 14.0. The molecule has 25 nitrogen and oxygen atoms in total. The summed E-state index contributed by atoms with van der Waals surface area (Å²) in [7, 11) is 2.73. The van der Waals surface area contributed by atoms with Gasteiger partial charge in [0.2, 0.25) is 23.6 Å². The molecule has 91 heavy (non-hydrogen) atoms. The summed E-state index contributed by atoms with van der Waals surface area (Å²) in [6, 6.07) is 18.2. The molecular weight excluding hydrogens is 1200 g/mol. The number of benzene rings is 3. The molecule has 0 bridgehead atoms. The number of Topliss-reactive ketones (excluding diaryl/α,β-unsaturated/α-hetero) is 3. The second-order valence-electron chi connectivity index (χ2n) is 21.5. The molecule has 3 aromatic carbocycles. The lowest BCUT2D eigenvalue weighted by Crippen LogP contribution is -2.51. The van der Waals surface area contributed by atoms with Crippen LogP contribution in [0.3, 0.4) is 0 Å². The number of para-hydroxylation sites is 1. The molecule has 1 aliphatic rings. The molecule has 1 unspecified atom stereocenters. The molecule has 0 saturated carbocycles. The Kier molecular flexibility index (Phi) is 36.9. The standard InChI is InChI=1S/C65H92N7O18P/c1-47(2)54(63(79)70-55(13-9-24-67-64(66)80)58(74)40-48-15-17-49(18-16-48)45-90-65(81)71(3)44-53(73)46-91)41-59(75)56(69-61(77)21-22-62(78)72-43-52-12-6-5-10-50(52)19-20-51-11-7-8-14-57(51)72)42-68-60(76)23-25-83-28-29-85-32-33-87-36-37-89-39-38-88-35-34-86-31-30-84-27-26-82-4/h5-8,10-12,14-18,47,54-56H,9,13,21-46,91H2,1-4H3,(H,68,76)(H,69,77)(H,70,79)(H3,66,67,80)/t54-,55-,56-/m0/s1/i91D/t54-,55-,56-,91?. The van der Waals surface area contributed by atoms with E-state index in [2.05, 4.69) is 33.1 Å². The fourth-order valence-corrected chi connectivity index (χ4v) is 9.04. The monoisotopic (exact) mass is 1290 g/mol.